The van der Waals surface area contributed by atoms with Crippen LogP contribution in [0.15, 0.2) is 60.8 Å². The van der Waals surface area contributed by atoms with Crippen LogP contribution in [0.4, 0.5) is 0 Å². The Morgan fingerprint density at radius 2 is 1.44 bits per heavy atom. The standard InChI is InChI=1S/C46H62N14O10/c1-25(61)54-33-22-38(63)51-18-8-7-14-30(39(48)64)55-41(66)32(21-27-23-53-29-13-6-5-12-28(27)29)57-43(68)35-24-60(36(44(69)59-35)15-9-19-52-46(49)50)45(70)34(20-26-10-3-2-4-11-26)58-40(65)31(56-42(33)67)16-17-37(47)62/h2-6,10-13,23,30-36,53H,7-9,14-22,24H2,1H3,(H2,47,62)(H2,48,64)(H,51,63)(H,54,61)(H,55,66)(H,56,67)(H,57,68)(H,58,65)(H,59,69)(H4,49,50,52)/t30-,31-,32-,33-,34+,35+,36-/m0/s1. The van der Waals surface area contributed by atoms with Crippen LogP contribution in [0.5, 0.6) is 0 Å². The minimum absolute atomic E-state index is 0.00625. The van der Waals surface area contributed by atoms with Gasteiger partial charge in [-0.2, -0.15) is 0 Å². The number of aromatic nitrogens is 1. The van der Waals surface area contributed by atoms with E-state index in [0.29, 0.717) is 11.1 Å². The maximum Gasteiger partial charge on any atom is 0.246 e. The summed E-state index contributed by atoms with van der Waals surface area (Å²) < 4.78 is 0. The number of benzene rings is 2. The third-order valence-electron chi connectivity index (χ3n) is 11.9. The van der Waals surface area contributed by atoms with Gasteiger partial charge in [0.2, 0.25) is 59.1 Å². The van der Waals surface area contributed by atoms with Gasteiger partial charge in [0.05, 0.1) is 13.0 Å². The van der Waals surface area contributed by atoms with Gasteiger partial charge in [-0.15, -0.1) is 0 Å². The zero-order valence-electron chi connectivity index (χ0n) is 38.8. The van der Waals surface area contributed by atoms with E-state index in [1.807, 2.05) is 18.2 Å². The molecule has 5 rings (SSSR count). The van der Waals surface area contributed by atoms with E-state index in [0.717, 1.165) is 22.7 Å². The number of nitrogens with one attached hydrogen (secondary N) is 10. The number of fused-ring (bicyclic) bond motifs is 3. The molecule has 2 aliphatic heterocycles. The summed E-state index contributed by atoms with van der Waals surface area (Å²) in [6.07, 6.45) is 0.837. The van der Waals surface area contributed by atoms with Gasteiger partial charge in [0, 0.05) is 56.4 Å². The highest BCUT2D eigenvalue weighted by Crippen LogP contribution is 2.21. The Morgan fingerprint density at radius 1 is 0.757 bits per heavy atom. The van der Waals surface area contributed by atoms with E-state index in [-0.39, 0.29) is 70.4 Å². The second kappa shape index (κ2) is 25.4. The third kappa shape index (κ3) is 15.5. The summed E-state index contributed by atoms with van der Waals surface area (Å²) in [7, 11) is 0. The molecule has 2 bridgehead atoms. The Morgan fingerprint density at radius 3 is 2.14 bits per heavy atom. The van der Waals surface area contributed by atoms with E-state index >= 15 is 4.79 Å². The van der Waals surface area contributed by atoms with Crippen LogP contribution in [0.3, 0.4) is 0 Å². The SMILES string of the molecule is CC(=O)N[C@H]1CC(=O)NCCCC[C@@H](C(N)=O)NC(=O)[C@H](Cc2c[nH]c3ccccc23)NC(=O)[C@H]2CN(C(=O)[C@@H](Cc3ccccc3)NC(=O)[C@H](CCC(N)=O)NC1=O)[C@@H](CCCNC(=N)N)C(=O)N2. The predicted octanol–water partition coefficient (Wildman–Crippen LogP) is -3.20. The summed E-state index contributed by atoms with van der Waals surface area (Å²) in [6.45, 7) is 0.839. The van der Waals surface area contributed by atoms with Crippen LogP contribution >= 0.6 is 0 Å². The molecule has 2 aromatic carbocycles. The molecule has 24 heteroatoms. The highest BCUT2D eigenvalue weighted by Gasteiger charge is 2.43. The van der Waals surface area contributed by atoms with Crippen LogP contribution in [0.25, 0.3) is 10.9 Å². The van der Waals surface area contributed by atoms with Gasteiger partial charge in [-0.25, -0.2) is 0 Å². The molecule has 3 heterocycles. The number of hydrogen-bond acceptors (Lipinski definition) is 11. The fourth-order valence-electron chi connectivity index (χ4n) is 8.30. The van der Waals surface area contributed by atoms with E-state index in [9.17, 15) is 43.2 Å². The summed E-state index contributed by atoms with van der Waals surface area (Å²) in [5, 5.41) is 29.2. The lowest BCUT2D eigenvalue weighted by atomic mass is 9.98. The Kier molecular flexibility index (Phi) is 19.2. The van der Waals surface area contributed by atoms with Crippen LogP contribution in [-0.4, -0.2) is 137 Å². The largest absolute Gasteiger partial charge is 0.370 e. The van der Waals surface area contributed by atoms with Crippen LogP contribution in [0.1, 0.15) is 69.4 Å². The number of nitrogens with two attached hydrogens (primary N) is 3. The maximum atomic E-state index is 15.1. The zero-order valence-corrected chi connectivity index (χ0v) is 38.8. The molecule has 0 unspecified atom stereocenters. The van der Waals surface area contributed by atoms with Crippen molar-refractivity contribution in [1.29, 1.82) is 5.41 Å². The lowest BCUT2D eigenvalue weighted by Gasteiger charge is -2.41. The average molecular weight is 971 g/mol. The Bertz CT molecular complexity index is 2430. The number of rotatable bonds is 13. The molecule has 7 atom stereocenters. The van der Waals surface area contributed by atoms with Gasteiger partial charge < -0.3 is 69.6 Å². The first-order chi connectivity index (χ1) is 33.4. The number of carbonyl (C=O) groups excluding carboxylic acids is 10. The first kappa shape index (κ1) is 52.9. The van der Waals surface area contributed by atoms with Crippen molar-refractivity contribution in [3.8, 4) is 0 Å². The zero-order chi connectivity index (χ0) is 50.9. The van der Waals surface area contributed by atoms with Crippen molar-refractivity contribution in [2.75, 3.05) is 19.6 Å². The minimum Gasteiger partial charge on any atom is -0.370 e. The number of para-hydroxylation sites is 1. The van der Waals surface area contributed by atoms with Crippen molar-refractivity contribution in [2.45, 2.75) is 113 Å². The second-order valence-electron chi connectivity index (χ2n) is 17.3. The van der Waals surface area contributed by atoms with Gasteiger partial charge in [-0.1, -0.05) is 48.5 Å². The molecule has 0 saturated carbocycles. The van der Waals surface area contributed by atoms with E-state index in [4.69, 9.17) is 22.6 Å². The molecule has 376 valence electrons. The molecule has 2 fully saturated rings. The fourth-order valence-corrected chi connectivity index (χ4v) is 8.30. The number of H-pyrrole nitrogens is 1. The molecular weight excluding hydrogens is 909 g/mol. The molecule has 10 amide bonds. The van der Waals surface area contributed by atoms with E-state index in [2.05, 4.69) is 47.5 Å². The van der Waals surface area contributed by atoms with Crippen molar-refractivity contribution >= 4 is 75.9 Å². The smallest absolute Gasteiger partial charge is 0.246 e. The molecule has 24 nitrogen and oxygen atoms in total. The summed E-state index contributed by atoms with van der Waals surface area (Å²) in [6, 6.07) is 5.95. The molecule has 70 heavy (non-hydrogen) atoms. The number of hydrogen-bond donors (Lipinski definition) is 13. The highest BCUT2D eigenvalue weighted by atomic mass is 16.2. The average Bonchev–Trinajstić information content (AvgIpc) is 3.72. The summed E-state index contributed by atoms with van der Waals surface area (Å²) >= 11 is 0. The van der Waals surface area contributed by atoms with E-state index in [1.54, 1.807) is 42.6 Å². The van der Waals surface area contributed by atoms with Gasteiger partial charge in [-0.3, -0.25) is 53.4 Å². The summed E-state index contributed by atoms with van der Waals surface area (Å²) in [4.78, 5) is 140. The van der Waals surface area contributed by atoms with Gasteiger partial charge in [0.1, 0.15) is 42.3 Å². The molecular formula is C46H62N14O10. The molecule has 0 spiro atoms. The predicted molar refractivity (Wildman–Crippen MR) is 253 cm³/mol. The Hall–Kier alpha value is -8.05. The first-order valence-electron chi connectivity index (χ1n) is 23.0. The second-order valence-corrected chi connectivity index (χ2v) is 17.3. The normalized spacial score (nSPS) is 23.5. The van der Waals surface area contributed by atoms with Gasteiger partial charge >= 0.3 is 0 Å². The number of carbonyl (C=O) groups is 10. The summed E-state index contributed by atoms with van der Waals surface area (Å²) in [5.74, 6) is -8.52. The maximum absolute atomic E-state index is 15.1. The number of piperazine rings is 1. The minimum atomic E-state index is -1.55. The van der Waals surface area contributed by atoms with Gasteiger partial charge in [-0.05, 0) is 55.7 Å². The van der Waals surface area contributed by atoms with Crippen molar-refractivity contribution in [1.82, 2.24) is 52.4 Å². The number of aromatic amines is 1. The van der Waals surface area contributed by atoms with Crippen LogP contribution < -0.4 is 59.7 Å². The Labute approximate surface area is 403 Å². The number of guanidine groups is 1. The van der Waals surface area contributed by atoms with Gasteiger partial charge in [0.15, 0.2) is 5.96 Å². The third-order valence-corrected chi connectivity index (χ3v) is 11.9. The highest BCUT2D eigenvalue weighted by molar-refractivity contribution is 6.00. The molecule has 1 aromatic heterocycles. The number of nitrogens with zero attached hydrogens (tertiary/aromatic N) is 1. The molecule has 2 saturated heterocycles. The lowest BCUT2D eigenvalue weighted by molar-refractivity contribution is -0.150. The molecule has 0 aliphatic carbocycles. The lowest BCUT2D eigenvalue weighted by Crippen LogP contribution is -2.68. The topological polar surface area (TPSA) is 388 Å². The molecule has 16 N–H and O–H groups in total. The molecule has 0 radical (unpaired) electrons. The van der Waals surface area contributed by atoms with E-state index in [1.165, 1.54) is 0 Å². The summed E-state index contributed by atoms with van der Waals surface area (Å²) in [5.41, 5.74) is 18.6. The van der Waals surface area contributed by atoms with Crippen molar-refractivity contribution in [3.05, 3.63) is 71.9 Å². The number of amides is 10. The number of primary amides is 2. The van der Waals surface area contributed by atoms with E-state index < -0.39 is 121 Å². The first-order valence-corrected chi connectivity index (χ1v) is 23.0. The quantitative estimate of drug-likeness (QED) is 0.0458. The fraction of sp³-hybridized carbons (Fsp3) is 0.457. The van der Waals surface area contributed by atoms with Crippen molar-refractivity contribution in [3.63, 3.8) is 0 Å². The van der Waals surface area contributed by atoms with Crippen molar-refractivity contribution in [2.24, 2.45) is 17.2 Å². The molecule has 2 aliphatic rings. The monoisotopic (exact) mass is 970 g/mol. The van der Waals surface area contributed by atoms with Crippen LogP contribution in [0.2, 0.25) is 0 Å². The Balaban J connectivity index is 1.57. The van der Waals surface area contributed by atoms with Crippen LogP contribution in [-0.2, 0) is 60.8 Å². The van der Waals surface area contributed by atoms with Crippen LogP contribution in [0, 0.1) is 5.41 Å². The van der Waals surface area contributed by atoms with Gasteiger partial charge in [0.25, 0.3) is 0 Å². The van der Waals surface area contributed by atoms with Crippen molar-refractivity contribution < 1.29 is 47.9 Å². The molecule has 3 aromatic rings.